The van der Waals surface area contributed by atoms with E-state index < -0.39 is 0 Å². The number of ether oxygens (including phenoxy) is 2. The average molecular weight is 553 g/mol. The Morgan fingerprint density at radius 1 is 1.03 bits per heavy atom. The van der Waals surface area contributed by atoms with E-state index in [9.17, 15) is 4.79 Å². The van der Waals surface area contributed by atoms with Crippen LogP contribution < -0.4 is 10.2 Å². The fourth-order valence-electron chi connectivity index (χ4n) is 4.45. The van der Waals surface area contributed by atoms with Crippen LogP contribution in [0, 0.1) is 0 Å². The average Bonchev–Trinajstić information content (AvgIpc) is 3.57. The zero-order chi connectivity index (χ0) is 24.5. The van der Waals surface area contributed by atoms with E-state index in [0.29, 0.717) is 62.4 Å². The summed E-state index contributed by atoms with van der Waals surface area (Å²) in [6, 6.07) is 9.76. The summed E-state index contributed by atoms with van der Waals surface area (Å²) in [6.45, 7) is 3.80. The molecule has 1 amide bonds. The molecule has 0 spiro atoms. The third-order valence-corrected chi connectivity index (χ3v) is 6.87. The lowest BCUT2D eigenvalue weighted by atomic mass is 10.1. The van der Waals surface area contributed by atoms with Gasteiger partial charge in [0.2, 0.25) is 0 Å². The van der Waals surface area contributed by atoms with Gasteiger partial charge in [0.25, 0.3) is 11.9 Å². The Balaban J connectivity index is 1.37. The molecule has 4 aromatic rings. The topological polar surface area (TPSA) is 108 Å². The molecule has 186 valence electrons. The molecule has 2 saturated heterocycles. The second-order valence-electron chi connectivity index (χ2n) is 8.82. The van der Waals surface area contributed by atoms with Crippen LogP contribution in [-0.2, 0) is 9.47 Å². The molecule has 0 bridgehead atoms. The fraction of sp³-hybridized carbons (Fsp3) is 0.360. The van der Waals surface area contributed by atoms with Crippen LogP contribution in [0.1, 0.15) is 23.4 Å². The fourth-order valence-corrected chi connectivity index (χ4v) is 4.85. The van der Waals surface area contributed by atoms with Crippen molar-refractivity contribution < 1.29 is 18.7 Å². The van der Waals surface area contributed by atoms with Crippen molar-refractivity contribution >= 4 is 38.8 Å². The molecule has 36 heavy (non-hydrogen) atoms. The van der Waals surface area contributed by atoms with Crippen molar-refractivity contribution in [2.24, 2.45) is 0 Å². The van der Waals surface area contributed by atoms with Gasteiger partial charge in [0.15, 0.2) is 17.2 Å². The monoisotopic (exact) mass is 552 g/mol. The number of aromatic nitrogens is 4. The van der Waals surface area contributed by atoms with Crippen molar-refractivity contribution in [1.29, 1.82) is 0 Å². The van der Waals surface area contributed by atoms with Crippen molar-refractivity contribution in [3.63, 3.8) is 0 Å². The summed E-state index contributed by atoms with van der Waals surface area (Å²) >= 11 is 3.52. The van der Waals surface area contributed by atoms with Crippen LogP contribution in [0.2, 0.25) is 0 Å². The van der Waals surface area contributed by atoms with Crippen molar-refractivity contribution in [3.8, 4) is 17.1 Å². The first-order valence-electron chi connectivity index (χ1n) is 12.0. The van der Waals surface area contributed by atoms with Gasteiger partial charge >= 0.3 is 0 Å². The maximum absolute atomic E-state index is 13.0. The number of nitrogens with one attached hydrogen (secondary N) is 1. The maximum atomic E-state index is 13.0. The molecule has 0 saturated carbocycles. The summed E-state index contributed by atoms with van der Waals surface area (Å²) in [5.41, 5.74) is 3.01. The lowest BCUT2D eigenvalue weighted by Gasteiger charge is -2.27. The molecule has 5 heterocycles. The van der Waals surface area contributed by atoms with Crippen LogP contribution >= 0.6 is 15.9 Å². The zero-order valence-corrected chi connectivity index (χ0v) is 21.1. The largest absolute Gasteiger partial charge is 0.445 e. The number of halogens is 1. The van der Waals surface area contributed by atoms with Crippen molar-refractivity contribution in [1.82, 2.24) is 25.1 Å². The van der Waals surface area contributed by atoms with Gasteiger partial charge in [0.05, 0.1) is 19.4 Å². The van der Waals surface area contributed by atoms with Gasteiger partial charge in [-0.15, -0.1) is 0 Å². The molecule has 2 fully saturated rings. The molecule has 11 heteroatoms. The highest BCUT2D eigenvalue weighted by atomic mass is 79.9. The molecule has 0 unspecified atom stereocenters. The Morgan fingerprint density at radius 3 is 2.64 bits per heavy atom. The molecular weight excluding hydrogens is 528 g/mol. The molecule has 0 atom stereocenters. The quantitative estimate of drug-likeness (QED) is 0.400. The van der Waals surface area contributed by atoms with E-state index in [2.05, 4.69) is 31.2 Å². The highest BCUT2D eigenvalue weighted by Gasteiger charge is 2.25. The van der Waals surface area contributed by atoms with Crippen LogP contribution in [0.4, 0.5) is 5.82 Å². The first-order chi connectivity index (χ1) is 17.6. The Morgan fingerprint density at radius 2 is 1.83 bits per heavy atom. The number of carbonyl (C=O) groups is 1. The Labute approximate surface area is 215 Å². The molecule has 6 rings (SSSR count). The van der Waals surface area contributed by atoms with Gasteiger partial charge < -0.3 is 24.1 Å². The Hall–Kier alpha value is -3.28. The number of nitrogens with zero attached hydrogens (tertiary/aromatic N) is 5. The van der Waals surface area contributed by atoms with Crippen molar-refractivity contribution in [2.75, 3.05) is 44.4 Å². The van der Waals surface area contributed by atoms with E-state index in [4.69, 9.17) is 23.9 Å². The lowest BCUT2D eigenvalue weighted by molar-refractivity contribution is 0.0684. The molecule has 3 aromatic heterocycles. The number of morpholine rings is 1. The van der Waals surface area contributed by atoms with Crippen LogP contribution in [-0.4, -0.2) is 71.2 Å². The second kappa shape index (κ2) is 10.00. The van der Waals surface area contributed by atoms with Gasteiger partial charge in [0.1, 0.15) is 5.52 Å². The van der Waals surface area contributed by atoms with E-state index >= 15 is 0 Å². The number of furan rings is 1. The number of rotatable bonds is 5. The Bertz CT molecular complexity index is 1390. The van der Waals surface area contributed by atoms with Crippen molar-refractivity contribution in [3.05, 3.63) is 53.0 Å². The van der Waals surface area contributed by atoms with E-state index in [0.717, 1.165) is 28.4 Å². The summed E-state index contributed by atoms with van der Waals surface area (Å²) < 4.78 is 19.6. The third kappa shape index (κ3) is 4.73. The first-order valence-corrected chi connectivity index (χ1v) is 12.8. The van der Waals surface area contributed by atoms with Crippen LogP contribution in [0.3, 0.4) is 0 Å². The summed E-state index contributed by atoms with van der Waals surface area (Å²) in [4.78, 5) is 24.6. The first kappa shape index (κ1) is 23.1. The van der Waals surface area contributed by atoms with Gasteiger partial charge in [-0.1, -0.05) is 28.1 Å². The van der Waals surface area contributed by atoms with Crippen LogP contribution in [0.5, 0.6) is 0 Å². The molecule has 10 nitrogen and oxygen atoms in total. The number of amides is 1. The van der Waals surface area contributed by atoms with Gasteiger partial charge in [0, 0.05) is 54.6 Å². The number of benzene rings is 1. The van der Waals surface area contributed by atoms with E-state index in [1.54, 1.807) is 16.9 Å². The van der Waals surface area contributed by atoms with Crippen molar-refractivity contribution in [2.45, 2.75) is 18.9 Å². The van der Waals surface area contributed by atoms with Crippen LogP contribution in [0.25, 0.3) is 28.2 Å². The number of anilines is 1. The van der Waals surface area contributed by atoms with E-state index in [-0.39, 0.29) is 17.7 Å². The molecule has 0 aliphatic carbocycles. The standard InChI is InChI=1S/C25H25BrN6O4/c26-18-3-1-2-16(12-18)17-14-27-32(15-17)25-29-20-13-21(24(33)28-19-4-8-34-9-5-19)36-22(20)23(30-25)31-6-10-35-11-7-31/h1-3,12-15,19H,4-11H2,(H,28,33). The third-order valence-electron chi connectivity index (χ3n) is 6.38. The van der Waals surface area contributed by atoms with Gasteiger partial charge in [-0.05, 0) is 30.5 Å². The summed E-state index contributed by atoms with van der Waals surface area (Å²) in [5, 5.41) is 7.57. The predicted molar refractivity (Wildman–Crippen MR) is 136 cm³/mol. The molecule has 2 aliphatic heterocycles. The minimum atomic E-state index is -0.259. The minimum absolute atomic E-state index is 0.0698. The normalized spacial score (nSPS) is 17.0. The van der Waals surface area contributed by atoms with E-state index in [1.165, 1.54) is 0 Å². The smallest absolute Gasteiger partial charge is 0.287 e. The molecule has 2 aliphatic rings. The van der Waals surface area contributed by atoms with Gasteiger partial charge in [-0.3, -0.25) is 4.79 Å². The summed E-state index contributed by atoms with van der Waals surface area (Å²) in [7, 11) is 0. The molecule has 0 radical (unpaired) electrons. The summed E-state index contributed by atoms with van der Waals surface area (Å²) in [6.07, 6.45) is 5.25. The zero-order valence-electron chi connectivity index (χ0n) is 19.5. The SMILES string of the molecule is O=C(NC1CCOCC1)c1cc2nc(-n3cc(-c4cccc(Br)c4)cn3)nc(N3CCOCC3)c2o1. The van der Waals surface area contributed by atoms with Gasteiger partial charge in [-0.2, -0.15) is 10.1 Å². The number of fused-ring (bicyclic) bond motifs is 1. The second-order valence-corrected chi connectivity index (χ2v) is 9.73. The number of hydrogen-bond donors (Lipinski definition) is 1. The number of hydrogen-bond acceptors (Lipinski definition) is 8. The predicted octanol–water partition coefficient (Wildman–Crippen LogP) is 3.58. The summed E-state index contributed by atoms with van der Waals surface area (Å²) in [5.74, 6) is 0.989. The number of carbonyl (C=O) groups excluding carboxylic acids is 1. The molecule has 1 N–H and O–H groups in total. The molecule has 1 aromatic carbocycles. The maximum Gasteiger partial charge on any atom is 0.287 e. The molecular formula is C25H25BrN6O4. The highest BCUT2D eigenvalue weighted by molar-refractivity contribution is 9.10. The van der Waals surface area contributed by atoms with E-state index in [1.807, 2.05) is 30.5 Å². The van der Waals surface area contributed by atoms with Crippen LogP contribution in [0.15, 0.2) is 51.6 Å². The Kier molecular flexibility index (Phi) is 6.43. The lowest BCUT2D eigenvalue weighted by Crippen LogP contribution is -2.38. The van der Waals surface area contributed by atoms with Gasteiger partial charge in [-0.25, -0.2) is 9.67 Å². The highest BCUT2D eigenvalue weighted by Crippen LogP contribution is 2.30. The minimum Gasteiger partial charge on any atom is -0.445 e.